The van der Waals surface area contributed by atoms with E-state index in [1.165, 1.54) is 0 Å². The number of hydrogen-bond donors (Lipinski definition) is 2. The fourth-order valence-electron chi connectivity index (χ4n) is 1.96. The molecule has 1 aliphatic heterocycles. The maximum Gasteiger partial charge on any atom is 0.261 e. The molecule has 1 aliphatic rings. The molecule has 0 bridgehead atoms. The Bertz CT molecular complexity index is 531. The summed E-state index contributed by atoms with van der Waals surface area (Å²) in [6.07, 6.45) is 1.01. The summed E-state index contributed by atoms with van der Waals surface area (Å²) in [6.45, 7) is 6.48. The molecular weight excluding hydrogens is 272 g/mol. The first-order valence-electron chi connectivity index (χ1n) is 6.78. The van der Waals surface area contributed by atoms with Crippen molar-refractivity contribution in [1.29, 1.82) is 0 Å². The van der Waals surface area contributed by atoms with E-state index < -0.39 is 6.10 Å². The van der Waals surface area contributed by atoms with Crippen LogP contribution >= 0.6 is 0 Å². The Balaban J connectivity index is 2.14. The highest BCUT2D eigenvalue weighted by molar-refractivity contribution is 5.80. The van der Waals surface area contributed by atoms with Crippen molar-refractivity contribution < 1.29 is 19.0 Å². The van der Waals surface area contributed by atoms with Crippen LogP contribution < -0.4 is 24.8 Å². The van der Waals surface area contributed by atoms with Gasteiger partial charge in [0.15, 0.2) is 17.6 Å². The lowest BCUT2D eigenvalue weighted by molar-refractivity contribution is -0.127. The molecule has 1 amide bonds. The highest BCUT2D eigenvalue weighted by Crippen LogP contribution is 2.38. The number of fused-ring (bicyclic) bond motifs is 1. The van der Waals surface area contributed by atoms with Gasteiger partial charge in [0.05, 0.1) is 0 Å². The largest absolute Gasteiger partial charge is 0.480 e. The average Bonchev–Trinajstić information content (AvgIpc) is 2.92. The normalized spacial score (nSPS) is 13.6. The number of rotatable bonds is 7. The number of amides is 1. The van der Waals surface area contributed by atoms with Crippen LogP contribution in [0.25, 0.3) is 0 Å². The smallest absolute Gasteiger partial charge is 0.261 e. The molecule has 0 saturated carbocycles. The zero-order valence-electron chi connectivity index (χ0n) is 12.3. The van der Waals surface area contributed by atoms with Gasteiger partial charge < -0.3 is 24.8 Å². The molecule has 6 heteroatoms. The molecule has 2 N–H and O–H groups in total. The van der Waals surface area contributed by atoms with Gasteiger partial charge in [0.25, 0.3) is 5.91 Å². The molecular formula is C15H20N2O4. The van der Waals surface area contributed by atoms with Crippen LogP contribution in [0.3, 0.4) is 0 Å². The third-order valence-corrected chi connectivity index (χ3v) is 3.02. The fourth-order valence-corrected chi connectivity index (χ4v) is 1.96. The lowest BCUT2D eigenvalue weighted by Gasteiger charge is -2.17. The maximum absolute atomic E-state index is 11.9. The summed E-state index contributed by atoms with van der Waals surface area (Å²) in [6, 6.07) is 3.62. The van der Waals surface area contributed by atoms with E-state index in [9.17, 15) is 4.79 Å². The lowest BCUT2D eigenvalue weighted by Crippen LogP contribution is -2.36. The molecule has 1 unspecified atom stereocenters. The van der Waals surface area contributed by atoms with Gasteiger partial charge in [-0.1, -0.05) is 6.08 Å². The summed E-state index contributed by atoms with van der Waals surface area (Å²) < 4.78 is 16.5. The zero-order valence-corrected chi connectivity index (χ0v) is 12.3. The van der Waals surface area contributed by atoms with Crippen LogP contribution in [-0.4, -0.2) is 32.4 Å². The second-order valence-corrected chi connectivity index (χ2v) is 4.64. The lowest BCUT2D eigenvalue weighted by atomic mass is 10.1. The fraction of sp³-hybridized carbons (Fsp3) is 0.400. The monoisotopic (exact) mass is 292 g/mol. The Morgan fingerprint density at radius 1 is 1.48 bits per heavy atom. The minimum atomic E-state index is -0.610. The molecule has 1 aromatic rings. The highest BCUT2D eigenvalue weighted by atomic mass is 16.7. The molecule has 0 saturated heterocycles. The summed E-state index contributed by atoms with van der Waals surface area (Å²) in [4.78, 5) is 11.9. The van der Waals surface area contributed by atoms with E-state index in [1.807, 2.05) is 13.1 Å². The van der Waals surface area contributed by atoms with E-state index in [2.05, 4.69) is 17.2 Å². The predicted octanol–water partition coefficient (Wildman–Crippen LogP) is 1.20. The van der Waals surface area contributed by atoms with Gasteiger partial charge in [0.2, 0.25) is 6.79 Å². The second-order valence-electron chi connectivity index (χ2n) is 4.64. The summed E-state index contributed by atoms with van der Waals surface area (Å²) in [5.74, 6) is 1.73. The standard InChI is InChI=1S/C15H20N2O4/c1-4-5-17-15(18)10(2)21-12-7-14-13(19-9-20-14)6-11(12)8-16-3/h4,6-7,10,16H,1,5,8-9H2,2-3H3,(H,17,18). The van der Waals surface area contributed by atoms with Gasteiger partial charge in [-0.2, -0.15) is 0 Å². The summed E-state index contributed by atoms with van der Waals surface area (Å²) in [7, 11) is 1.84. The zero-order chi connectivity index (χ0) is 15.2. The summed E-state index contributed by atoms with van der Waals surface area (Å²) in [5.41, 5.74) is 0.908. The number of nitrogens with one attached hydrogen (secondary N) is 2. The maximum atomic E-state index is 11.9. The average molecular weight is 292 g/mol. The molecule has 1 atom stereocenters. The first-order chi connectivity index (χ1) is 10.2. The molecule has 6 nitrogen and oxygen atoms in total. The summed E-state index contributed by atoms with van der Waals surface area (Å²) >= 11 is 0. The van der Waals surface area contributed by atoms with Gasteiger partial charge in [0.1, 0.15) is 5.75 Å². The van der Waals surface area contributed by atoms with Gasteiger partial charge in [0, 0.05) is 24.7 Å². The first-order valence-corrected chi connectivity index (χ1v) is 6.78. The van der Waals surface area contributed by atoms with E-state index in [-0.39, 0.29) is 12.7 Å². The third-order valence-electron chi connectivity index (χ3n) is 3.02. The molecule has 0 spiro atoms. The van der Waals surface area contributed by atoms with Crippen molar-refractivity contribution in [2.75, 3.05) is 20.4 Å². The Morgan fingerprint density at radius 3 is 2.86 bits per heavy atom. The van der Waals surface area contributed by atoms with Crippen LogP contribution in [0.15, 0.2) is 24.8 Å². The number of carbonyl (C=O) groups excluding carboxylic acids is 1. The van der Waals surface area contributed by atoms with Crippen LogP contribution in [0, 0.1) is 0 Å². The van der Waals surface area contributed by atoms with E-state index in [0.29, 0.717) is 30.3 Å². The SMILES string of the molecule is C=CCNC(=O)C(C)Oc1cc2c(cc1CNC)OCO2. The van der Waals surface area contributed by atoms with Crippen molar-refractivity contribution in [2.45, 2.75) is 19.6 Å². The van der Waals surface area contributed by atoms with Crippen molar-refractivity contribution in [2.24, 2.45) is 0 Å². The Morgan fingerprint density at radius 2 is 2.19 bits per heavy atom. The number of ether oxygens (including phenoxy) is 3. The molecule has 0 aromatic heterocycles. The molecule has 1 heterocycles. The summed E-state index contributed by atoms with van der Waals surface area (Å²) in [5, 5.41) is 5.76. The Labute approximate surface area is 124 Å². The number of carbonyl (C=O) groups is 1. The van der Waals surface area contributed by atoms with Crippen LogP contribution in [-0.2, 0) is 11.3 Å². The van der Waals surface area contributed by atoms with Gasteiger partial charge in [-0.25, -0.2) is 0 Å². The first kappa shape index (κ1) is 15.2. The van der Waals surface area contributed by atoms with Gasteiger partial charge in [-0.05, 0) is 20.0 Å². The van der Waals surface area contributed by atoms with E-state index in [4.69, 9.17) is 14.2 Å². The van der Waals surface area contributed by atoms with Crippen molar-refractivity contribution in [3.05, 3.63) is 30.4 Å². The van der Waals surface area contributed by atoms with Crippen molar-refractivity contribution in [3.8, 4) is 17.2 Å². The van der Waals surface area contributed by atoms with E-state index in [0.717, 1.165) is 5.56 Å². The van der Waals surface area contributed by atoms with Crippen LogP contribution in [0.5, 0.6) is 17.2 Å². The molecule has 21 heavy (non-hydrogen) atoms. The Hall–Kier alpha value is -2.21. The van der Waals surface area contributed by atoms with Gasteiger partial charge in [-0.3, -0.25) is 4.79 Å². The van der Waals surface area contributed by atoms with Crippen molar-refractivity contribution in [3.63, 3.8) is 0 Å². The van der Waals surface area contributed by atoms with Crippen LogP contribution in [0.4, 0.5) is 0 Å². The van der Waals surface area contributed by atoms with Crippen LogP contribution in [0.1, 0.15) is 12.5 Å². The molecule has 2 rings (SSSR count). The highest BCUT2D eigenvalue weighted by Gasteiger charge is 2.21. The molecule has 0 fully saturated rings. The second kappa shape index (κ2) is 6.99. The topological polar surface area (TPSA) is 68.8 Å². The van der Waals surface area contributed by atoms with Crippen molar-refractivity contribution in [1.82, 2.24) is 10.6 Å². The molecule has 114 valence electrons. The number of hydrogen-bond acceptors (Lipinski definition) is 5. The number of benzene rings is 1. The molecule has 0 radical (unpaired) electrons. The van der Waals surface area contributed by atoms with Gasteiger partial charge in [-0.15, -0.1) is 6.58 Å². The van der Waals surface area contributed by atoms with E-state index >= 15 is 0 Å². The van der Waals surface area contributed by atoms with E-state index in [1.54, 1.807) is 19.1 Å². The minimum Gasteiger partial charge on any atom is -0.480 e. The Kier molecular flexibility index (Phi) is 5.05. The minimum absolute atomic E-state index is 0.192. The predicted molar refractivity (Wildman–Crippen MR) is 78.6 cm³/mol. The van der Waals surface area contributed by atoms with Crippen molar-refractivity contribution >= 4 is 5.91 Å². The molecule has 0 aliphatic carbocycles. The molecule has 1 aromatic carbocycles. The van der Waals surface area contributed by atoms with Gasteiger partial charge >= 0.3 is 0 Å². The quantitative estimate of drug-likeness (QED) is 0.739. The third kappa shape index (κ3) is 3.66. The van der Waals surface area contributed by atoms with Crippen LogP contribution in [0.2, 0.25) is 0 Å².